The number of likely N-dealkylation sites (N-methyl/N-ethyl adjacent to an activating group) is 2. The van der Waals surface area contributed by atoms with Crippen LogP contribution < -0.4 is 10.6 Å². The van der Waals surface area contributed by atoms with Crippen molar-refractivity contribution in [1.82, 2.24) is 15.1 Å². The van der Waals surface area contributed by atoms with E-state index < -0.39 is 24.1 Å². The second kappa shape index (κ2) is 5.49. The Kier molecular flexibility index (Phi) is 3.93. The molecule has 106 valence electrons. The van der Waals surface area contributed by atoms with Gasteiger partial charge in [0.1, 0.15) is 0 Å². The molecule has 1 unspecified atom stereocenters. The lowest BCUT2D eigenvalue weighted by Crippen LogP contribution is -2.48. The predicted octanol–water partition coefficient (Wildman–Crippen LogP) is 1.42. The van der Waals surface area contributed by atoms with Gasteiger partial charge in [-0.1, -0.05) is 12.1 Å². The van der Waals surface area contributed by atoms with Gasteiger partial charge in [0.15, 0.2) is 6.17 Å². The number of nitrogens with one attached hydrogen (secondary N) is 2. The van der Waals surface area contributed by atoms with Gasteiger partial charge in [-0.05, 0) is 28.1 Å². The number of benzene rings is 1. The first-order valence-electron chi connectivity index (χ1n) is 5.78. The van der Waals surface area contributed by atoms with E-state index in [1.165, 1.54) is 19.0 Å². The fourth-order valence-electron chi connectivity index (χ4n) is 1.79. The number of para-hydroxylation sites is 1. The molecule has 1 fully saturated rings. The van der Waals surface area contributed by atoms with Gasteiger partial charge >= 0.3 is 12.1 Å². The predicted molar refractivity (Wildman–Crippen MR) is 76.0 cm³/mol. The van der Waals surface area contributed by atoms with Gasteiger partial charge in [0.2, 0.25) is 0 Å². The van der Waals surface area contributed by atoms with Crippen LogP contribution >= 0.6 is 15.9 Å². The third-order valence-electron chi connectivity index (χ3n) is 2.93. The molecule has 0 spiro atoms. The van der Waals surface area contributed by atoms with Crippen LogP contribution in [0.4, 0.5) is 15.3 Å². The zero-order valence-corrected chi connectivity index (χ0v) is 12.5. The lowest BCUT2D eigenvalue weighted by molar-refractivity contribution is -0.127. The summed E-state index contributed by atoms with van der Waals surface area (Å²) in [5.41, 5.74) is 0.567. The van der Waals surface area contributed by atoms with Crippen LogP contribution in [0.2, 0.25) is 0 Å². The van der Waals surface area contributed by atoms with Crippen LogP contribution in [0.1, 0.15) is 0 Å². The minimum atomic E-state index is -0.991. The zero-order valence-electron chi connectivity index (χ0n) is 10.9. The fourth-order valence-corrected chi connectivity index (χ4v) is 2.18. The van der Waals surface area contributed by atoms with E-state index in [4.69, 9.17) is 0 Å². The molecule has 0 radical (unpaired) electrons. The lowest BCUT2D eigenvalue weighted by Gasteiger charge is -2.18. The Hall–Kier alpha value is -2.09. The monoisotopic (exact) mass is 340 g/mol. The third kappa shape index (κ3) is 2.60. The van der Waals surface area contributed by atoms with Crippen molar-refractivity contribution in [3.63, 3.8) is 0 Å². The molecule has 1 saturated heterocycles. The molecule has 2 rings (SSSR count). The van der Waals surface area contributed by atoms with Crippen molar-refractivity contribution in [2.75, 3.05) is 19.4 Å². The number of amides is 5. The van der Waals surface area contributed by atoms with Crippen LogP contribution in [0.3, 0.4) is 0 Å². The van der Waals surface area contributed by atoms with Gasteiger partial charge in [-0.25, -0.2) is 9.59 Å². The summed E-state index contributed by atoms with van der Waals surface area (Å²) in [5, 5.41) is 5.06. The van der Waals surface area contributed by atoms with E-state index in [1.807, 2.05) is 6.07 Å². The molecular formula is C12H13BrN4O3. The highest BCUT2D eigenvalue weighted by molar-refractivity contribution is 9.10. The minimum absolute atomic E-state index is 0.457. The molecule has 2 N–H and O–H groups in total. The van der Waals surface area contributed by atoms with Crippen LogP contribution in [0.25, 0.3) is 0 Å². The maximum atomic E-state index is 11.9. The Bertz CT molecular complexity index is 578. The number of hydrogen-bond donors (Lipinski definition) is 2. The molecule has 8 heteroatoms. The zero-order chi connectivity index (χ0) is 14.9. The summed E-state index contributed by atoms with van der Waals surface area (Å²) in [4.78, 5) is 37.4. The highest BCUT2D eigenvalue weighted by Gasteiger charge is 2.41. The second-order valence-corrected chi connectivity index (χ2v) is 5.13. The smallest absolute Gasteiger partial charge is 0.309 e. The number of nitrogens with zero attached hydrogens (tertiary/aromatic N) is 2. The number of imide groups is 1. The minimum Gasteiger partial charge on any atom is -0.309 e. The van der Waals surface area contributed by atoms with Crippen molar-refractivity contribution in [2.45, 2.75) is 6.17 Å². The first kappa shape index (κ1) is 14.3. The molecule has 1 heterocycles. The Morgan fingerprint density at radius 3 is 2.45 bits per heavy atom. The summed E-state index contributed by atoms with van der Waals surface area (Å²) in [7, 11) is 2.82. The van der Waals surface area contributed by atoms with E-state index in [9.17, 15) is 14.4 Å². The quantitative estimate of drug-likeness (QED) is 0.799. The van der Waals surface area contributed by atoms with Crippen molar-refractivity contribution < 1.29 is 14.4 Å². The number of urea groups is 2. The van der Waals surface area contributed by atoms with Gasteiger partial charge in [-0.2, -0.15) is 0 Å². The highest BCUT2D eigenvalue weighted by Crippen LogP contribution is 2.21. The van der Waals surface area contributed by atoms with Crippen LogP contribution in [0, 0.1) is 0 Å². The Labute approximate surface area is 124 Å². The molecule has 20 heavy (non-hydrogen) atoms. The van der Waals surface area contributed by atoms with Crippen molar-refractivity contribution in [3.05, 3.63) is 28.7 Å². The number of halogens is 1. The molecule has 5 amide bonds. The van der Waals surface area contributed by atoms with Gasteiger partial charge in [-0.15, -0.1) is 0 Å². The number of carbonyl (C=O) groups excluding carboxylic acids is 3. The van der Waals surface area contributed by atoms with Crippen molar-refractivity contribution >= 4 is 39.6 Å². The van der Waals surface area contributed by atoms with E-state index in [1.54, 1.807) is 18.2 Å². The van der Waals surface area contributed by atoms with E-state index >= 15 is 0 Å². The molecule has 0 saturated carbocycles. The summed E-state index contributed by atoms with van der Waals surface area (Å²) in [6, 6.07) is 6.05. The van der Waals surface area contributed by atoms with E-state index in [-0.39, 0.29) is 0 Å². The number of rotatable bonds is 2. The number of carbonyl (C=O) groups is 3. The molecule has 0 bridgehead atoms. The Balaban J connectivity index is 2.04. The molecular weight excluding hydrogens is 328 g/mol. The number of hydrogen-bond acceptors (Lipinski definition) is 3. The average Bonchev–Trinajstić information content (AvgIpc) is 2.59. The summed E-state index contributed by atoms with van der Waals surface area (Å²) in [5.74, 6) is -0.472. The van der Waals surface area contributed by atoms with E-state index in [0.29, 0.717) is 5.69 Å². The van der Waals surface area contributed by atoms with Gasteiger partial charge in [0.25, 0.3) is 5.91 Å². The first-order valence-corrected chi connectivity index (χ1v) is 6.57. The highest BCUT2D eigenvalue weighted by atomic mass is 79.9. The fraction of sp³-hybridized carbons (Fsp3) is 0.250. The van der Waals surface area contributed by atoms with Crippen molar-refractivity contribution in [2.24, 2.45) is 0 Å². The molecule has 0 aromatic heterocycles. The van der Waals surface area contributed by atoms with Crippen LogP contribution in [0.15, 0.2) is 28.7 Å². The maximum Gasteiger partial charge on any atom is 0.328 e. The van der Waals surface area contributed by atoms with E-state index in [0.717, 1.165) is 9.37 Å². The summed E-state index contributed by atoms with van der Waals surface area (Å²) >= 11 is 3.30. The molecule has 1 aromatic carbocycles. The largest absolute Gasteiger partial charge is 0.328 e. The van der Waals surface area contributed by atoms with E-state index in [2.05, 4.69) is 26.6 Å². The SMILES string of the molecule is CN1C(=O)C(NC(=O)Nc2ccccc2Br)N(C)C1=O. The van der Waals surface area contributed by atoms with Gasteiger partial charge < -0.3 is 10.6 Å². The maximum absolute atomic E-state index is 11.9. The molecule has 0 aliphatic carbocycles. The second-order valence-electron chi connectivity index (χ2n) is 4.27. The summed E-state index contributed by atoms with van der Waals surface area (Å²) in [6.45, 7) is 0. The molecule has 1 aromatic rings. The van der Waals surface area contributed by atoms with Gasteiger partial charge in [0, 0.05) is 18.6 Å². The molecule has 1 aliphatic rings. The van der Waals surface area contributed by atoms with Crippen LogP contribution in [0.5, 0.6) is 0 Å². The van der Waals surface area contributed by atoms with Crippen LogP contribution in [-0.4, -0.2) is 48.0 Å². The molecule has 1 aliphatic heterocycles. The summed E-state index contributed by atoms with van der Waals surface area (Å²) < 4.78 is 0.717. The van der Waals surface area contributed by atoms with Crippen molar-refractivity contribution in [1.29, 1.82) is 0 Å². The Morgan fingerprint density at radius 2 is 1.90 bits per heavy atom. The lowest BCUT2D eigenvalue weighted by atomic mass is 10.3. The molecule has 1 atom stereocenters. The van der Waals surface area contributed by atoms with Gasteiger partial charge in [0.05, 0.1) is 5.69 Å². The normalized spacial score (nSPS) is 18.4. The standard InChI is InChI=1S/C12H13BrN4O3/c1-16-9(10(18)17(2)12(16)20)15-11(19)14-8-6-4-3-5-7(8)13/h3-6,9H,1-2H3,(H2,14,15,19). The average molecular weight is 341 g/mol. The first-order chi connectivity index (χ1) is 9.41. The third-order valence-corrected chi connectivity index (χ3v) is 3.62. The van der Waals surface area contributed by atoms with Crippen LogP contribution in [-0.2, 0) is 4.79 Å². The molecule has 7 nitrogen and oxygen atoms in total. The Morgan fingerprint density at radius 1 is 1.25 bits per heavy atom. The van der Waals surface area contributed by atoms with Crippen molar-refractivity contribution in [3.8, 4) is 0 Å². The van der Waals surface area contributed by atoms with Gasteiger partial charge in [-0.3, -0.25) is 14.6 Å². The summed E-state index contributed by atoms with van der Waals surface area (Å²) in [6.07, 6.45) is -0.991. The number of anilines is 1. The topological polar surface area (TPSA) is 81.8 Å².